The molecule has 0 unspecified atom stereocenters. The number of hydrogen-bond donors (Lipinski definition) is 2. The van der Waals surface area contributed by atoms with Crippen LogP contribution in [0.3, 0.4) is 0 Å². The van der Waals surface area contributed by atoms with Crippen molar-refractivity contribution in [2.24, 2.45) is 0 Å². The zero-order valence-electron chi connectivity index (χ0n) is 11.4. The van der Waals surface area contributed by atoms with Crippen LogP contribution in [0.5, 0.6) is 5.75 Å². The molecule has 0 atom stereocenters. The van der Waals surface area contributed by atoms with Crippen molar-refractivity contribution in [3.63, 3.8) is 0 Å². The van der Waals surface area contributed by atoms with Crippen molar-refractivity contribution in [1.29, 1.82) is 0 Å². The smallest absolute Gasteiger partial charge is 0.312 e. The Hall–Kier alpha value is -2.20. The van der Waals surface area contributed by atoms with Crippen LogP contribution in [0.2, 0.25) is 0 Å². The highest BCUT2D eigenvalue weighted by atomic mass is 32.2. The van der Waals surface area contributed by atoms with Gasteiger partial charge in [0.2, 0.25) is 15.9 Å². The Morgan fingerprint density at radius 1 is 1.48 bits per heavy atom. The summed E-state index contributed by atoms with van der Waals surface area (Å²) >= 11 is 0. The number of benzene rings is 1. The molecule has 1 aromatic carbocycles. The summed E-state index contributed by atoms with van der Waals surface area (Å²) in [5, 5.41) is 22.5. The Morgan fingerprint density at radius 2 is 2.10 bits per heavy atom. The normalized spacial score (nSPS) is 11.4. The van der Waals surface area contributed by atoms with Gasteiger partial charge in [-0.3, -0.25) is 14.9 Å². The predicted octanol–water partition coefficient (Wildman–Crippen LogP) is 0.0570. The molecule has 1 amide bonds. The highest BCUT2D eigenvalue weighted by Crippen LogP contribution is 2.29. The average molecular weight is 317 g/mol. The molecule has 0 aliphatic heterocycles. The number of nitrogens with one attached hydrogen (secondary N) is 1. The van der Waals surface area contributed by atoms with Crippen LogP contribution in [0, 0.1) is 10.1 Å². The van der Waals surface area contributed by atoms with Gasteiger partial charge in [-0.05, 0) is 19.1 Å². The first-order valence-corrected chi connectivity index (χ1v) is 7.34. The summed E-state index contributed by atoms with van der Waals surface area (Å²) in [4.78, 5) is 20.8. The number of carbonyl (C=O) groups excluding carboxylic acids is 1. The van der Waals surface area contributed by atoms with Crippen molar-refractivity contribution in [2.75, 3.05) is 20.1 Å². The molecule has 1 rings (SSSR count). The average Bonchev–Trinajstić information content (AvgIpc) is 2.38. The molecule has 1 aromatic rings. The van der Waals surface area contributed by atoms with Crippen LogP contribution in [0.15, 0.2) is 23.1 Å². The summed E-state index contributed by atoms with van der Waals surface area (Å²) in [5.74, 6) is -1.12. The van der Waals surface area contributed by atoms with Crippen molar-refractivity contribution < 1.29 is 23.2 Å². The number of hydrogen-bond acceptors (Lipinski definition) is 6. The Balaban J connectivity index is 3.10. The second kappa shape index (κ2) is 6.50. The minimum Gasteiger partial charge on any atom is -0.502 e. The molecule has 0 saturated carbocycles. The number of phenols is 1. The van der Waals surface area contributed by atoms with Gasteiger partial charge in [-0.25, -0.2) is 8.42 Å². The summed E-state index contributed by atoms with van der Waals surface area (Å²) in [6.07, 6.45) is 0. The fraction of sp³-hybridized carbons (Fsp3) is 0.364. The minimum absolute atomic E-state index is 0.359. The molecule has 0 fully saturated rings. The maximum absolute atomic E-state index is 12.2. The quantitative estimate of drug-likeness (QED) is 0.563. The number of likely N-dealkylation sites (N-methyl/N-ethyl adjacent to an activating group) is 2. The van der Waals surface area contributed by atoms with Gasteiger partial charge in [-0.2, -0.15) is 4.31 Å². The summed E-state index contributed by atoms with van der Waals surface area (Å²) in [6.45, 7) is 1.64. The Morgan fingerprint density at radius 3 is 2.62 bits per heavy atom. The number of phenolic OH excluding ortho intramolecular Hbond substituents is 1. The van der Waals surface area contributed by atoms with Gasteiger partial charge in [0.15, 0.2) is 5.75 Å². The fourth-order valence-corrected chi connectivity index (χ4v) is 2.68. The maximum atomic E-state index is 12.2. The van der Waals surface area contributed by atoms with Gasteiger partial charge < -0.3 is 10.4 Å². The van der Waals surface area contributed by atoms with Crippen LogP contribution >= 0.6 is 0 Å². The van der Waals surface area contributed by atoms with E-state index in [2.05, 4.69) is 5.32 Å². The number of sulfonamides is 1. The van der Waals surface area contributed by atoms with Crippen LogP contribution < -0.4 is 5.32 Å². The molecule has 0 saturated heterocycles. The van der Waals surface area contributed by atoms with Crippen LogP contribution in [0.25, 0.3) is 0 Å². The lowest BCUT2D eigenvalue weighted by Gasteiger charge is -2.16. The lowest BCUT2D eigenvalue weighted by molar-refractivity contribution is -0.386. The molecule has 0 aromatic heterocycles. The van der Waals surface area contributed by atoms with Crippen LogP contribution in [0.1, 0.15) is 6.92 Å². The molecule has 0 radical (unpaired) electrons. The fourth-order valence-electron chi connectivity index (χ4n) is 1.53. The second-order valence-electron chi connectivity index (χ2n) is 4.12. The van der Waals surface area contributed by atoms with Crippen molar-refractivity contribution in [3.8, 4) is 5.75 Å². The zero-order valence-corrected chi connectivity index (χ0v) is 12.3. The summed E-state index contributed by atoms with van der Waals surface area (Å²) < 4.78 is 25.2. The van der Waals surface area contributed by atoms with Gasteiger partial charge in [0, 0.05) is 19.7 Å². The molecular weight excluding hydrogens is 302 g/mol. The SMILES string of the molecule is CCNC(=O)CN(C)S(=O)(=O)c1ccc(O)c([N+](=O)[O-])c1. The van der Waals surface area contributed by atoms with E-state index in [0.29, 0.717) is 6.54 Å². The van der Waals surface area contributed by atoms with E-state index in [1.807, 2.05) is 0 Å². The topological polar surface area (TPSA) is 130 Å². The summed E-state index contributed by atoms with van der Waals surface area (Å²) in [5.41, 5.74) is -0.720. The monoisotopic (exact) mass is 317 g/mol. The van der Waals surface area contributed by atoms with E-state index in [4.69, 9.17) is 0 Å². The zero-order chi connectivity index (χ0) is 16.2. The van der Waals surface area contributed by atoms with E-state index in [1.165, 1.54) is 7.05 Å². The molecule has 2 N–H and O–H groups in total. The van der Waals surface area contributed by atoms with Crippen LogP contribution in [-0.4, -0.2) is 48.8 Å². The van der Waals surface area contributed by atoms with E-state index in [1.54, 1.807) is 6.92 Å². The largest absolute Gasteiger partial charge is 0.502 e. The van der Waals surface area contributed by atoms with E-state index >= 15 is 0 Å². The lowest BCUT2D eigenvalue weighted by atomic mass is 10.3. The standard InChI is InChI=1S/C11H15N3O6S/c1-3-12-11(16)7-13(2)21(19,20)8-4-5-10(15)9(6-8)14(17)18/h4-6,15H,3,7H2,1-2H3,(H,12,16). The highest BCUT2D eigenvalue weighted by Gasteiger charge is 2.26. The van der Waals surface area contributed by atoms with Crippen LogP contribution in [-0.2, 0) is 14.8 Å². The van der Waals surface area contributed by atoms with E-state index in [9.17, 15) is 28.4 Å². The number of carbonyl (C=O) groups is 1. The Labute approximate surface area is 121 Å². The van der Waals surface area contributed by atoms with Gasteiger partial charge in [-0.15, -0.1) is 0 Å². The first kappa shape index (κ1) is 16.9. The molecular formula is C11H15N3O6S. The number of rotatable bonds is 6. The predicted molar refractivity (Wildman–Crippen MR) is 73.3 cm³/mol. The van der Waals surface area contributed by atoms with Crippen molar-refractivity contribution >= 4 is 21.6 Å². The first-order chi connectivity index (χ1) is 9.70. The molecule has 0 aliphatic carbocycles. The third-order valence-corrected chi connectivity index (χ3v) is 4.39. The molecule has 9 nitrogen and oxygen atoms in total. The van der Waals surface area contributed by atoms with Gasteiger partial charge >= 0.3 is 5.69 Å². The summed E-state index contributed by atoms with van der Waals surface area (Å²) in [7, 11) is -2.88. The van der Waals surface area contributed by atoms with Gasteiger partial charge in [0.1, 0.15) is 0 Å². The molecule has 0 heterocycles. The van der Waals surface area contributed by atoms with E-state index in [0.717, 1.165) is 22.5 Å². The molecule has 0 spiro atoms. The third kappa shape index (κ3) is 3.89. The molecule has 21 heavy (non-hydrogen) atoms. The summed E-state index contributed by atoms with van der Waals surface area (Å²) in [6, 6.07) is 2.70. The van der Waals surface area contributed by atoms with Crippen molar-refractivity contribution in [1.82, 2.24) is 9.62 Å². The highest BCUT2D eigenvalue weighted by molar-refractivity contribution is 7.89. The third-order valence-electron chi connectivity index (χ3n) is 2.59. The number of aromatic hydroxyl groups is 1. The Kier molecular flexibility index (Phi) is 5.22. The van der Waals surface area contributed by atoms with Crippen molar-refractivity contribution in [2.45, 2.75) is 11.8 Å². The first-order valence-electron chi connectivity index (χ1n) is 5.90. The lowest BCUT2D eigenvalue weighted by Crippen LogP contribution is -2.38. The molecule has 0 bridgehead atoms. The van der Waals surface area contributed by atoms with Gasteiger partial charge in [0.05, 0.1) is 16.4 Å². The number of nitrogens with zero attached hydrogens (tertiary/aromatic N) is 2. The number of nitro groups is 1. The van der Waals surface area contributed by atoms with Gasteiger partial charge in [-0.1, -0.05) is 0 Å². The molecule has 0 aliphatic rings. The maximum Gasteiger partial charge on any atom is 0.312 e. The van der Waals surface area contributed by atoms with Crippen LogP contribution in [0.4, 0.5) is 5.69 Å². The molecule has 10 heteroatoms. The van der Waals surface area contributed by atoms with E-state index in [-0.39, 0.29) is 4.90 Å². The minimum atomic E-state index is -4.07. The second-order valence-corrected chi connectivity index (χ2v) is 6.17. The number of nitro benzene ring substituents is 1. The van der Waals surface area contributed by atoms with Crippen molar-refractivity contribution in [3.05, 3.63) is 28.3 Å². The number of amides is 1. The molecule has 116 valence electrons. The van der Waals surface area contributed by atoms with Gasteiger partial charge in [0.25, 0.3) is 0 Å². The van der Waals surface area contributed by atoms with E-state index < -0.39 is 38.8 Å². The Bertz CT molecular complexity index is 658.